The molecule has 1 aliphatic rings. The number of aryl methyl sites for hydroxylation is 1. The van der Waals surface area contributed by atoms with Crippen molar-refractivity contribution in [2.75, 3.05) is 19.0 Å². The van der Waals surface area contributed by atoms with Crippen molar-refractivity contribution < 1.29 is 9.53 Å². The van der Waals surface area contributed by atoms with Gasteiger partial charge >= 0.3 is 0 Å². The zero-order valence-electron chi connectivity index (χ0n) is 18.3. The Labute approximate surface area is 182 Å². The average Bonchev–Trinajstić information content (AvgIpc) is 3.09. The summed E-state index contributed by atoms with van der Waals surface area (Å²) in [5, 5.41) is 16.5. The van der Waals surface area contributed by atoms with E-state index in [9.17, 15) is 4.79 Å². The van der Waals surface area contributed by atoms with E-state index in [-0.39, 0.29) is 11.4 Å². The van der Waals surface area contributed by atoms with Crippen molar-refractivity contribution in [3.05, 3.63) is 53.3 Å². The van der Waals surface area contributed by atoms with E-state index in [0.717, 1.165) is 30.4 Å². The maximum absolute atomic E-state index is 12.8. The molecule has 0 radical (unpaired) electrons. The molecule has 2 aromatic heterocycles. The number of anilines is 1. The minimum absolute atomic E-state index is 0.0589. The number of amides is 1. The predicted molar refractivity (Wildman–Crippen MR) is 120 cm³/mol. The van der Waals surface area contributed by atoms with E-state index in [1.807, 2.05) is 11.6 Å². The van der Waals surface area contributed by atoms with E-state index in [4.69, 9.17) is 10.00 Å². The minimum atomic E-state index is -0.308. The second-order valence-electron chi connectivity index (χ2n) is 8.75. The van der Waals surface area contributed by atoms with Crippen LogP contribution >= 0.6 is 0 Å². The molecule has 1 aliphatic heterocycles. The number of nitrogens with zero attached hydrogens (tertiary/aromatic N) is 3. The maximum atomic E-state index is 12.8. The second-order valence-corrected chi connectivity index (χ2v) is 8.75. The molecule has 160 valence electrons. The van der Waals surface area contributed by atoms with Crippen molar-refractivity contribution in [2.24, 2.45) is 7.05 Å². The summed E-state index contributed by atoms with van der Waals surface area (Å²) in [7, 11) is 3.60. The average molecular weight is 418 g/mol. The molecule has 1 atom stereocenters. The normalized spacial score (nSPS) is 17.8. The van der Waals surface area contributed by atoms with Gasteiger partial charge in [-0.3, -0.25) is 4.79 Å². The zero-order valence-corrected chi connectivity index (χ0v) is 18.3. The highest BCUT2D eigenvalue weighted by molar-refractivity contribution is 6.07. The van der Waals surface area contributed by atoms with E-state index in [1.165, 1.54) is 5.56 Å². The van der Waals surface area contributed by atoms with Crippen LogP contribution in [0.15, 0.2) is 36.7 Å². The number of pyridine rings is 1. The molecular weight excluding hydrogens is 390 g/mol. The number of hydrogen-bond donors (Lipinski definition) is 2. The molecule has 0 aliphatic carbocycles. The second kappa shape index (κ2) is 8.05. The highest BCUT2D eigenvalue weighted by Gasteiger charge is 2.31. The number of methoxy groups -OCH3 is 1. The number of ether oxygens (including phenoxy) is 1. The van der Waals surface area contributed by atoms with Gasteiger partial charge in [0.25, 0.3) is 5.91 Å². The first-order chi connectivity index (χ1) is 14.8. The Morgan fingerprint density at radius 1 is 1.42 bits per heavy atom. The molecule has 1 fully saturated rings. The first-order valence-corrected chi connectivity index (χ1v) is 10.4. The Hall–Kier alpha value is -3.37. The topological polar surface area (TPSA) is 92.0 Å². The lowest BCUT2D eigenvalue weighted by Crippen LogP contribution is -2.45. The van der Waals surface area contributed by atoms with Crippen LogP contribution in [0.1, 0.15) is 54.1 Å². The highest BCUT2D eigenvalue weighted by Crippen LogP contribution is 2.42. The van der Waals surface area contributed by atoms with Crippen LogP contribution < -0.4 is 15.4 Å². The summed E-state index contributed by atoms with van der Waals surface area (Å²) in [6.07, 6.45) is 5.80. The standard InChI is InChI=1S/C24H27N5O2/c1-24(2)11-17(8-9-27-24)18-14-29(3)22-20(18)21(31-4)19(13-26-22)28-23(30)16-7-5-6-15(10-16)12-25/h5-7,10,13-14,17,27H,8-9,11H2,1-4H3,(H,28,30)/t17-/m1/s1. The third-order valence-electron chi connectivity index (χ3n) is 5.97. The van der Waals surface area contributed by atoms with E-state index >= 15 is 0 Å². The van der Waals surface area contributed by atoms with Gasteiger partial charge in [-0.1, -0.05) is 6.07 Å². The van der Waals surface area contributed by atoms with Crippen LogP contribution in [-0.2, 0) is 7.05 Å². The van der Waals surface area contributed by atoms with Gasteiger partial charge < -0.3 is 19.9 Å². The number of hydrogen-bond acceptors (Lipinski definition) is 5. The van der Waals surface area contributed by atoms with Crippen LogP contribution in [0.2, 0.25) is 0 Å². The number of benzene rings is 1. The van der Waals surface area contributed by atoms with Crippen molar-refractivity contribution >= 4 is 22.6 Å². The van der Waals surface area contributed by atoms with Crippen LogP contribution in [0, 0.1) is 11.3 Å². The molecule has 0 bridgehead atoms. The predicted octanol–water partition coefficient (Wildman–Crippen LogP) is 3.95. The van der Waals surface area contributed by atoms with Gasteiger partial charge in [0.05, 0.1) is 30.3 Å². The number of nitriles is 1. The van der Waals surface area contributed by atoms with Crippen LogP contribution in [0.25, 0.3) is 11.0 Å². The summed E-state index contributed by atoms with van der Waals surface area (Å²) in [4.78, 5) is 17.5. The van der Waals surface area contributed by atoms with Gasteiger partial charge in [-0.25, -0.2) is 4.98 Å². The molecule has 31 heavy (non-hydrogen) atoms. The zero-order chi connectivity index (χ0) is 22.2. The van der Waals surface area contributed by atoms with Crippen LogP contribution in [0.5, 0.6) is 5.75 Å². The van der Waals surface area contributed by atoms with E-state index < -0.39 is 0 Å². The van der Waals surface area contributed by atoms with Crippen LogP contribution in [0.3, 0.4) is 0 Å². The molecule has 1 saturated heterocycles. The first kappa shape index (κ1) is 20.9. The molecule has 0 unspecified atom stereocenters. The van der Waals surface area contributed by atoms with Gasteiger partial charge in [0.2, 0.25) is 0 Å². The number of rotatable bonds is 4. The molecule has 1 amide bonds. The Morgan fingerprint density at radius 3 is 2.94 bits per heavy atom. The fourth-order valence-electron chi connectivity index (χ4n) is 4.52. The highest BCUT2D eigenvalue weighted by atomic mass is 16.5. The summed E-state index contributed by atoms with van der Waals surface area (Å²) in [5.74, 6) is 0.674. The van der Waals surface area contributed by atoms with Crippen molar-refractivity contribution in [1.82, 2.24) is 14.9 Å². The molecule has 4 rings (SSSR count). The van der Waals surface area contributed by atoms with Crippen molar-refractivity contribution in [3.63, 3.8) is 0 Å². The monoisotopic (exact) mass is 417 g/mol. The SMILES string of the molecule is COc1c(NC(=O)c2cccc(C#N)c2)cnc2c1c([C@@H]1CCNC(C)(C)C1)cn2C. The lowest BCUT2D eigenvalue weighted by atomic mass is 9.80. The fraction of sp³-hybridized carbons (Fsp3) is 0.375. The maximum Gasteiger partial charge on any atom is 0.255 e. The molecule has 7 heteroatoms. The summed E-state index contributed by atoms with van der Waals surface area (Å²) < 4.78 is 7.82. The van der Waals surface area contributed by atoms with Gasteiger partial charge in [0, 0.05) is 24.3 Å². The third kappa shape index (κ3) is 3.99. The number of aromatic nitrogens is 2. The molecule has 0 spiro atoms. The number of piperidine rings is 1. The molecule has 3 aromatic rings. The Bertz CT molecular complexity index is 1190. The molecule has 3 heterocycles. The van der Waals surface area contributed by atoms with Crippen molar-refractivity contribution in [3.8, 4) is 11.8 Å². The lowest BCUT2D eigenvalue weighted by Gasteiger charge is -2.36. The van der Waals surface area contributed by atoms with E-state index in [1.54, 1.807) is 37.6 Å². The number of carbonyl (C=O) groups is 1. The van der Waals surface area contributed by atoms with Crippen molar-refractivity contribution in [1.29, 1.82) is 5.26 Å². The summed E-state index contributed by atoms with van der Waals surface area (Å²) in [6, 6.07) is 8.67. The van der Waals surface area contributed by atoms with Crippen LogP contribution in [0.4, 0.5) is 5.69 Å². The Kier molecular flexibility index (Phi) is 5.42. The van der Waals surface area contributed by atoms with E-state index in [0.29, 0.717) is 28.5 Å². The minimum Gasteiger partial charge on any atom is -0.494 e. The molecule has 2 N–H and O–H groups in total. The molecule has 7 nitrogen and oxygen atoms in total. The van der Waals surface area contributed by atoms with Gasteiger partial charge in [-0.2, -0.15) is 5.26 Å². The van der Waals surface area contributed by atoms with Gasteiger partial charge in [0.1, 0.15) is 11.3 Å². The number of fused-ring (bicyclic) bond motifs is 1. The summed E-state index contributed by atoms with van der Waals surface area (Å²) in [5.41, 5.74) is 3.44. The Balaban J connectivity index is 1.75. The van der Waals surface area contributed by atoms with Gasteiger partial charge in [-0.15, -0.1) is 0 Å². The van der Waals surface area contributed by atoms with E-state index in [2.05, 4.69) is 41.7 Å². The quantitative estimate of drug-likeness (QED) is 0.671. The van der Waals surface area contributed by atoms with Crippen LogP contribution in [-0.4, -0.2) is 34.7 Å². The first-order valence-electron chi connectivity index (χ1n) is 10.4. The number of nitrogens with one attached hydrogen (secondary N) is 2. The van der Waals surface area contributed by atoms with Crippen molar-refractivity contribution in [2.45, 2.75) is 38.1 Å². The van der Waals surface area contributed by atoms with Gasteiger partial charge in [-0.05, 0) is 62.9 Å². The molecule has 1 aromatic carbocycles. The lowest BCUT2D eigenvalue weighted by molar-refractivity contribution is 0.102. The largest absolute Gasteiger partial charge is 0.494 e. The fourth-order valence-corrected chi connectivity index (χ4v) is 4.52. The number of carbonyl (C=O) groups excluding carboxylic acids is 1. The smallest absolute Gasteiger partial charge is 0.255 e. The third-order valence-corrected chi connectivity index (χ3v) is 5.97. The summed E-state index contributed by atoms with van der Waals surface area (Å²) in [6.45, 7) is 5.40. The summed E-state index contributed by atoms with van der Waals surface area (Å²) >= 11 is 0. The molecule has 0 saturated carbocycles. The molecular formula is C24H27N5O2. The van der Waals surface area contributed by atoms with Gasteiger partial charge in [0.15, 0.2) is 5.75 Å². The Morgan fingerprint density at radius 2 is 2.23 bits per heavy atom.